The lowest BCUT2D eigenvalue weighted by molar-refractivity contribution is -0.144. The molecule has 1 aliphatic rings. The van der Waals surface area contributed by atoms with Crippen LogP contribution in [0.3, 0.4) is 0 Å². The van der Waals surface area contributed by atoms with E-state index >= 15 is 0 Å². The number of hydrogen-bond acceptors (Lipinski definition) is 10. The molecule has 1 fully saturated rings. The smallest absolute Gasteiger partial charge is 0.305 e. The lowest BCUT2D eigenvalue weighted by Gasteiger charge is -2.35. The fourth-order valence-corrected chi connectivity index (χ4v) is 5.64. The monoisotopic (exact) mass is 744 g/mol. The van der Waals surface area contributed by atoms with Gasteiger partial charge in [-0.2, -0.15) is 0 Å². The van der Waals surface area contributed by atoms with Gasteiger partial charge < -0.3 is 30.3 Å². The van der Waals surface area contributed by atoms with Gasteiger partial charge in [0, 0.05) is 70.3 Å². The fourth-order valence-electron chi connectivity index (χ4n) is 5.64. The zero-order valence-electron chi connectivity index (χ0n) is 31.4. The predicted molar refractivity (Wildman–Crippen MR) is 206 cm³/mol. The van der Waals surface area contributed by atoms with Gasteiger partial charge in [0.25, 0.3) is 5.91 Å². The Hall–Kier alpha value is -5.76. The third-order valence-electron chi connectivity index (χ3n) is 8.66. The van der Waals surface area contributed by atoms with Gasteiger partial charge in [0.1, 0.15) is 23.9 Å². The maximum absolute atomic E-state index is 12.7. The van der Waals surface area contributed by atoms with Gasteiger partial charge in [-0.05, 0) is 54.2 Å². The summed E-state index contributed by atoms with van der Waals surface area (Å²) >= 11 is 0. The summed E-state index contributed by atoms with van der Waals surface area (Å²) in [6, 6.07) is 19.4. The molecular formula is C40H52N6O8. The molecule has 3 aromatic carbocycles. The number of carbonyl (C=O) groups is 4. The van der Waals surface area contributed by atoms with Gasteiger partial charge >= 0.3 is 11.9 Å². The number of nitrogens with zero attached hydrogens (tertiary/aromatic N) is 3. The first kappa shape index (κ1) is 42.7. The number of carboxylic acid groups (broad SMARTS) is 1. The number of hydrogen-bond donors (Lipinski definition) is 6. The van der Waals surface area contributed by atoms with E-state index in [2.05, 4.69) is 10.2 Å². The number of phenolic OH excluding ortho intramolecular Hbond substituents is 2. The molecule has 0 radical (unpaired) electrons. The maximum Gasteiger partial charge on any atom is 0.305 e. The van der Waals surface area contributed by atoms with Gasteiger partial charge in [0.05, 0.1) is 5.56 Å². The largest absolute Gasteiger partial charge is 0.508 e. The minimum atomic E-state index is -0.904. The molecule has 14 heteroatoms. The zero-order chi connectivity index (χ0) is 39.8. The van der Waals surface area contributed by atoms with E-state index < -0.39 is 17.7 Å². The third kappa shape index (κ3) is 12.7. The second-order valence-electron chi connectivity index (χ2n) is 13.0. The van der Waals surface area contributed by atoms with Crippen molar-refractivity contribution < 1.29 is 39.2 Å². The van der Waals surface area contributed by atoms with Crippen molar-refractivity contribution in [2.75, 3.05) is 37.6 Å². The lowest BCUT2D eigenvalue weighted by Crippen LogP contribution is -2.48. The minimum absolute atomic E-state index is 0.0174. The summed E-state index contributed by atoms with van der Waals surface area (Å²) in [5.74, 6) is -3.08. The molecule has 54 heavy (non-hydrogen) atoms. The van der Waals surface area contributed by atoms with Crippen LogP contribution >= 0.6 is 0 Å². The number of likely N-dealkylation sites (N-methyl/N-ethyl adjacent to an activating group) is 1. The van der Waals surface area contributed by atoms with Gasteiger partial charge in [0.15, 0.2) is 5.84 Å². The van der Waals surface area contributed by atoms with E-state index in [0.717, 1.165) is 16.0 Å². The number of carbonyl (C=O) groups excluding carboxylic acids is 3. The van der Waals surface area contributed by atoms with Crippen LogP contribution in [0.1, 0.15) is 81.5 Å². The number of anilines is 1. The Morgan fingerprint density at radius 2 is 1.52 bits per heavy atom. The number of piperazine rings is 1. The summed E-state index contributed by atoms with van der Waals surface area (Å²) in [6.07, 6.45) is 0.979. The molecule has 0 atom stereocenters. The first-order valence-electron chi connectivity index (χ1n) is 18.1. The summed E-state index contributed by atoms with van der Waals surface area (Å²) in [6.45, 7) is 11.0. The van der Waals surface area contributed by atoms with Gasteiger partial charge in [-0.3, -0.25) is 39.8 Å². The first-order chi connectivity index (χ1) is 25.7. The molecule has 0 bridgehead atoms. The van der Waals surface area contributed by atoms with Crippen molar-refractivity contribution in [3.63, 3.8) is 0 Å². The van der Waals surface area contributed by atoms with Crippen LogP contribution in [0.5, 0.6) is 11.5 Å². The van der Waals surface area contributed by atoms with E-state index in [-0.39, 0.29) is 53.5 Å². The molecule has 0 aliphatic carbocycles. The Balaban J connectivity index is 0.000000553. The molecule has 0 spiro atoms. The molecule has 6 N–H and O–H groups in total. The van der Waals surface area contributed by atoms with Crippen LogP contribution in [-0.2, 0) is 37.1 Å². The van der Waals surface area contributed by atoms with Crippen molar-refractivity contribution in [3.8, 4) is 11.5 Å². The van der Waals surface area contributed by atoms with E-state index in [1.807, 2.05) is 56.3 Å². The fraction of sp³-hybridized carbons (Fsp3) is 0.400. The molecule has 290 valence electrons. The molecule has 2 amide bonds. The van der Waals surface area contributed by atoms with Crippen LogP contribution in [0.4, 0.5) is 5.69 Å². The third-order valence-corrected chi connectivity index (χ3v) is 8.66. The molecule has 1 aliphatic heterocycles. The van der Waals surface area contributed by atoms with Crippen molar-refractivity contribution in [2.24, 2.45) is 0 Å². The van der Waals surface area contributed by atoms with Gasteiger partial charge in [-0.15, -0.1) is 0 Å². The number of esters is 1. The molecule has 3 aromatic rings. The average molecular weight is 745 g/mol. The summed E-state index contributed by atoms with van der Waals surface area (Å²) in [5.41, 5.74) is 2.97. The van der Waals surface area contributed by atoms with Crippen LogP contribution in [-0.4, -0.2) is 93.3 Å². The number of phenols is 2. The highest BCUT2D eigenvalue weighted by molar-refractivity contribution is 6.48. The summed E-state index contributed by atoms with van der Waals surface area (Å²) < 4.78 is 4.94. The normalized spacial score (nSPS) is 12.6. The Kier molecular flexibility index (Phi) is 16.6. The van der Waals surface area contributed by atoms with E-state index in [4.69, 9.17) is 20.7 Å². The summed E-state index contributed by atoms with van der Waals surface area (Å²) in [4.78, 5) is 51.6. The van der Waals surface area contributed by atoms with Crippen molar-refractivity contribution >= 4 is 41.1 Å². The number of amidine groups is 2. The number of rotatable bonds is 13. The van der Waals surface area contributed by atoms with Gasteiger partial charge in [-0.1, -0.05) is 63.2 Å². The van der Waals surface area contributed by atoms with Crippen LogP contribution < -0.4 is 10.2 Å². The predicted octanol–water partition coefficient (Wildman–Crippen LogP) is 5.21. The van der Waals surface area contributed by atoms with Crippen molar-refractivity contribution in [1.82, 2.24) is 15.1 Å². The lowest BCUT2D eigenvalue weighted by atomic mass is 9.98. The Morgan fingerprint density at radius 3 is 2.09 bits per heavy atom. The SMILES string of the molecule is CCC(=O)OCc1ccccc1.CCNC(=O)C(=N)N(C(=N)c1cc(C(C)C)c(O)cc1O)c1ccc(CN2CCN(C(=O)CCCC(=O)O)CC2)cc1. The second-order valence-corrected chi connectivity index (χ2v) is 13.0. The molecule has 0 aromatic heterocycles. The molecular weight excluding hydrogens is 692 g/mol. The Bertz CT molecular complexity index is 1760. The number of aliphatic carboxylic acids is 1. The maximum atomic E-state index is 12.7. The van der Waals surface area contributed by atoms with Gasteiger partial charge in [0.2, 0.25) is 5.91 Å². The number of ether oxygens (including phenoxy) is 1. The highest BCUT2D eigenvalue weighted by atomic mass is 16.5. The Labute approximate surface area is 316 Å². The number of carboxylic acids is 1. The quantitative estimate of drug-likeness (QED) is 0.0766. The van der Waals surface area contributed by atoms with Crippen LogP contribution in [0.25, 0.3) is 0 Å². The van der Waals surface area contributed by atoms with Crippen molar-refractivity contribution in [2.45, 2.75) is 72.4 Å². The highest BCUT2D eigenvalue weighted by Crippen LogP contribution is 2.34. The van der Waals surface area contributed by atoms with E-state index in [1.54, 1.807) is 30.9 Å². The van der Waals surface area contributed by atoms with Crippen molar-refractivity contribution in [1.29, 1.82) is 10.8 Å². The van der Waals surface area contributed by atoms with Crippen LogP contribution in [0.15, 0.2) is 66.7 Å². The number of aromatic hydroxyl groups is 2. The number of amides is 2. The Morgan fingerprint density at radius 1 is 0.870 bits per heavy atom. The van der Waals surface area contributed by atoms with E-state index in [1.165, 1.54) is 12.1 Å². The topological polar surface area (TPSA) is 208 Å². The minimum Gasteiger partial charge on any atom is -0.508 e. The molecule has 14 nitrogen and oxygen atoms in total. The first-order valence-corrected chi connectivity index (χ1v) is 18.1. The molecule has 0 saturated carbocycles. The average Bonchev–Trinajstić information content (AvgIpc) is 3.15. The van der Waals surface area contributed by atoms with Crippen molar-refractivity contribution in [3.05, 3.63) is 89.0 Å². The standard InChI is InChI=1S/C30H40N6O6.C10H12O2/c1-4-33-30(42)29(32)36(28(31)23-16-22(19(2)3)24(37)17-25(23)38)21-10-8-20(9-11-21)18-34-12-14-35(15-13-34)26(39)6-5-7-27(40)41;1-2-10(11)12-8-9-6-4-3-5-7-9/h8-11,16-17,19,31-32,37-38H,4-7,12-15,18H2,1-3H3,(H,33,42)(H,40,41);3-7H,2,8H2,1H3. The summed E-state index contributed by atoms with van der Waals surface area (Å²) in [5, 5.41) is 49.7. The van der Waals surface area contributed by atoms with Crippen LogP contribution in [0.2, 0.25) is 0 Å². The number of nitrogens with one attached hydrogen (secondary N) is 3. The van der Waals surface area contributed by atoms with Gasteiger partial charge in [-0.25, -0.2) is 0 Å². The van der Waals surface area contributed by atoms with E-state index in [0.29, 0.717) is 70.0 Å². The molecule has 1 saturated heterocycles. The second kappa shape index (κ2) is 21.1. The highest BCUT2D eigenvalue weighted by Gasteiger charge is 2.27. The molecule has 1 heterocycles. The number of benzene rings is 3. The van der Waals surface area contributed by atoms with E-state index in [9.17, 15) is 29.4 Å². The molecule has 0 unspecified atom stereocenters. The summed E-state index contributed by atoms with van der Waals surface area (Å²) in [7, 11) is 0. The molecule has 4 rings (SSSR count). The zero-order valence-corrected chi connectivity index (χ0v) is 31.4. The van der Waals surface area contributed by atoms with Crippen LogP contribution in [0, 0.1) is 10.8 Å².